The van der Waals surface area contributed by atoms with Crippen LogP contribution in [-0.4, -0.2) is 47.4 Å². The van der Waals surface area contributed by atoms with Gasteiger partial charge in [-0.25, -0.2) is 8.42 Å². The summed E-state index contributed by atoms with van der Waals surface area (Å²) in [6.45, 7) is 2.61. The van der Waals surface area contributed by atoms with Crippen LogP contribution in [-0.2, 0) is 21.6 Å². The van der Waals surface area contributed by atoms with E-state index in [4.69, 9.17) is 0 Å². The molecular weight excluding hydrogens is 336 g/mol. The molecule has 0 saturated heterocycles. The van der Waals surface area contributed by atoms with Gasteiger partial charge in [-0.3, -0.25) is 4.18 Å². The predicted octanol–water partition coefficient (Wildman–Crippen LogP) is 1.65. The highest BCUT2D eigenvalue weighted by Gasteiger charge is 2.06. The second-order valence-electron chi connectivity index (χ2n) is 4.77. The second kappa shape index (κ2) is 7.95. The van der Waals surface area contributed by atoms with Gasteiger partial charge in [0.05, 0.1) is 12.3 Å². The molecule has 0 aliphatic rings. The van der Waals surface area contributed by atoms with Gasteiger partial charge in [0.1, 0.15) is 6.33 Å². The van der Waals surface area contributed by atoms with Crippen molar-refractivity contribution in [3.63, 3.8) is 0 Å². The van der Waals surface area contributed by atoms with E-state index in [9.17, 15) is 13.0 Å². The molecule has 0 aliphatic heterocycles. The standard InChI is InChI=1S/C13H18N6O4S/c1-3-19(8-9-23-24(20,21)22)12-6-4-11(5-7-12)15-17-13-16-14-10-18(13)2/h4-7,10H,3,8-9H2,1-2H3,(H,20,21,22). The third-order valence-corrected chi connectivity index (χ3v) is 3.58. The van der Waals surface area contributed by atoms with Crippen molar-refractivity contribution in [2.45, 2.75) is 6.92 Å². The van der Waals surface area contributed by atoms with E-state index >= 15 is 0 Å². The summed E-state index contributed by atoms with van der Waals surface area (Å²) >= 11 is 0. The molecule has 0 bridgehead atoms. The van der Waals surface area contributed by atoms with Crippen LogP contribution >= 0.6 is 0 Å². The summed E-state index contributed by atoms with van der Waals surface area (Å²) < 4.78 is 37.2. The van der Waals surface area contributed by atoms with Crippen LogP contribution in [0, 0.1) is 0 Å². The number of hydrogen-bond donors (Lipinski definition) is 0. The number of nitrogens with zero attached hydrogens (tertiary/aromatic N) is 6. The molecule has 24 heavy (non-hydrogen) atoms. The molecule has 1 heterocycles. The van der Waals surface area contributed by atoms with E-state index in [1.54, 1.807) is 23.7 Å². The summed E-state index contributed by atoms with van der Waals surface area (Å²) in [5.74, 6) is 0.394. The number of aromatic nitrogens is 3. The van der Waals surface area contributed by atoms with E-state index in [0.29, 0.717) is 18.2 Å². The Balaban J connectivity index is 0.00000312. The van der Waals surface area contributed by atoms with Crippen LogP contribution in [0.5, 0.6) is 0 Å². The molecule has 0 fully saturated rings. The van der Waals surface area contributed by atoms with E-state index in [0.717, 1.165) is 5.69 Å². The molecule has 11 heteroatoms. The van der Waals surface area contributed by atoms with Crippen molar-refractivity contribution in [1.82, 2.24) is 14.8 Å². The van der Waals surface area contributed by atoms with Crippen molar-refractivity contribution in [2.75, 3.05) is 24.6 Å². The zero-order valence-corrected chi connectivity index (χ0v) is 14.0. The molecule has 0 radical (unpaired) electrons. The van der Waals surface area contributed by atoms with E-state index in [1.807, 2.05) is 24.0 Å². The van der Waals surface area contributed by atoms with E-state index in [-0.39, 0.29) is 14.6 Å². The molecule has 0 aliphatic carbocycles. The number of anilines is 1. The Bertz CT molecular complexity index is 793. The number of hydrogen-bond acceptors (Lipinski definition) is 9. The van der Waals surface area contributed by atoms with Crippen molar-refractivity contribution >= 4 is 27.7 Å². The van der Waals surface area contributed by atoms with Crippen LogP contribution in [0.1, 0.15) is 8.35 Å². The molecule has 0 saturated carbocycles. The molecular formula is C13H18N6O4S. The van der Waals surface area contributed by atoms with E-state index in [1.165, 1.54) is 6.33 Å². The molecule has 0 amide bonds. The van der Waals surface area contributed by atoms with Gasteiger partial charge in [-0.15, -0.1) is 20.4 Å². The van der Waals surface area contributed by atoms with E-state index in [2.05, 4.69) is 24.6 Å². The summed E-state index contributed by atoms with van der Waals surface area (Å²) in [5.41, 5.74) is 1.48. The second-order valence-corrected chi connectivity index (χ2v) is 5.82. The van der Waals surface area contributed by atoms with Gasteiger partial charge in [-0.2, -0.15) is 0 Å². The molecule has 0 N–H and O–H groups in total. The average Bonchev–Trinajstić information content (AvgIpc) is 2.94. The fourth-order valence-corrected chi connectivity index (χ4v) is 2.20. The minimum absolute atomic E-state index is 0. The Labute approximate surface area is 141 Å². The van der Waals surface area contributed by atoms with Crippen molar-refractivity contribution in [3.8, 4) is 0 Å². The lowest BCUT2D eigenvalue weighted by atomic mass is 10.2. The first-order valence-corrected chi connectivity index (χ1v) is 8.43. The highest BCUT2D eigenvalue weighted by atomic mass is 32.3. The Kier molecular flexibility index (Phi) is 5.95. The van der Waals surface area contributed by atoms with Crippen molar-refractivity contribution < 1.29 is 18.6 Å². The van der Waals surface area contributed by atoms with Gasteiger partial charge in [0.15, 0.2) is 0 Å². The highest BCUT2D eigenvalue weighted by molar-refractivity contribution is 7.80. The number of aryl methyl sites for hydroxylation is 1. The highest BCUT2D eigenvalue weighted by Crippen LogP contribution is 2.21. The summed E-state index contributed by atoms with van der Waals surface area (Å²) in [7, 11) is -2.90. The van der Waals surface area contributed by atoms with Gasteiger partial charge in [0.2, 0.25) is 10.4 Å². The van der Waals surface area contributed by atoms with Gasteiger partial charge in [0.25, 0.3) is 5.95 Å². The lowest BCUT2D eigenvalue weighted by Crippen LogP contribution is -2.27. The van der Waals surface area contributed by atoms with Crippen LogP contribution in [0.15, 0.2) is 40.8 Å². The Morgan fingerprint density at radius 3 is 2.58 bits per heavy atom. The first-order valence-electron chi connectivity index (χ1n) is 7.10. The maximum absolute atomic E-state index is 10.4. The molecule has 2 rings (SSSR count). The van der Waals surface area contributed by atoms with Gasteiger partial charge in [0, 0.05) is 25.8 Å². The SMILES string of the molecule is CCN(CCOS(=O)(=O)[O-])c1ccc(N=Nc2nncn2C)cc1.[H+]. The van der Waals surface area contributed by atoms with Gasteiger partial charge in [-0.1, -0.05) is 0 Å². The third kappa shape index (κ3) is 5.37. The Morgan fingerprint density at radius 1 is 1.33 bits per heavy atom. The third-order valence-electron chi connectivity index (χ3n) is 3.13. The minimum atomic E-state index is -4.67. The first-order chi connectivity index (χ1) is 11.4. The van der Waals surface area contributed by atoms with Gasteiger partial charge in [-0.05, 0) is 31.2 Å². The quantitative estimate of drug-likeness (QED) is 0.401. The monoisotopic (exact) mass is 354 g/mol. The summed E-state index contributed by atoms with van der Waals surface area (Å²) in [6.07, 6.45) is 1.53. The molecule has 0 spiro atoms. The number of azo groups is 1. The van der Waals surface area contributed by atoms with Crippen LogP contribution in [0.25, 0.3) is 0 Å². The smallest absolute Gasteiger partial charge is 0.726 e. The largest absolute Gasteiger partial charge is 1.00 e. The van der Waals surface area contributed by atoms with Crippen molar-refractivity contribution in [3.05, 3.63) is 30.6 Å². The Hall–Kier alpha value is -2.37. The molecule has 130 valence electrons. The fraction of sp³-hybridized carbons (Fsp3) is 0.385. The molecule has 2 aromatic rings. The number of likely N-dealkylation sites (N-methyl/N-ethyl adjacent to an activating group) is 1. The molecule has 1 aromatic heterocycles. The number of rotatable bonds is 8. The molecule has 0 unspecified atom stereocenters. The summed E-state index contributed by atoms with van der Waals surface area (Å²) in [4.78, 5) is 1.87. The topological polar surface area (TPSA) is 125 Å². The van der Waals surface area contributed by atoms with Crippen LogP contribution < -0.4 is 4.90 Å². The molecule has 1 aromatic carbocycles. The van der Waals surface area contributed by atoms with Crippen LogP contribution in [0.4, 0.5) is 17.3 Å². The summed E-state index contributed by atoms with van der Waals surface area (Å²) in [5, 5.41) is 15.6. The minimum Gasteiger partial charge on any atom is -0.726 e. The summed E-state index contributed by atoms with van der Waals surface area (Å²) in [6, 6.07) is 7.17. The first kappa shape index (κ1) is 18.0. The molecule has 10 nitrogen and oxygen atoms in total. The zero-order chi connectivity index (χ0) is 17.6. The van der Waals surface area contributed by atoms with Crippen LogP contribution in [0.3, 0.4) is 0 Å². The lowest BCUT2D eigenvalue weighted by molar-refractivity contribution is 0.266. The predicted molar refractivity (Wildman–Crippen MR) is 86.3 cm³/mol. The lowest BCUT2D eigenvalue weighted by Gasteiger charge is -2.23. The van der Waals surface area contributed by atoms with Crippen molar-refractivity contribution in [1.29, 1.82) is 0 Å². The zero-order valence-electron chi connectivity index (χ0n) is 14.2. The van der Waals surface area contributed by atoms with Crippen molar-refractivity contribution in [2.24, 2.45) is 17.3 Å². The average molecular weight is 354 g/mol. The van der Waals surface area contributed by atoms with Gasteiger partial charge < -0.3 is 14.0 Å². The Morgan fingerprint density at radius 2 is 2.04 bits per heavy atom. The normalized spacial score (nSPS) is 12.0. The maximum Gasteiger partial charge on any atom is 1.00 e. The maximum atomic E-state index is 10.4. The van der Waals surface area contributed by atoms with Gasteiger partial charge >= 0.3 is 1.43 Å². The van der Waals surface area contributed by atoms with Crippen LogP contribution in [0.2, 0.25) is 0 Å². The number of benzene rings is 1. The fourth-order valence-electron chi connectivity index (χ4n) is 1.92. The molecule has 0 atom stereocenters. The van der Waals surface area contributed by atoms with E-state index < -0.39 is 10.4 Å².